The summed E-state index contributed by atoms with van der Waals surface area (Å²) in [6.45, 7) is 2.57. The molecular weight excluding hydrogens is 442 g/mol. The lowest BCUT2D eigenvalue weighted by atomic mass is 9.99. The van der Waals surface area contributed by atoms with E-state index in [1.807, 2.05) is 72.8 Å². The molecule has 180 valence electrons. The Morgan fingerprint density at radius 3 is 2.26 bits per heavy atom. The maximum absolute atomic E-state index is 12.9. The van der Waals surface area contributed by atoms with Gasteiger partial charge in [0.2, 0.25) is 5.84 Å². The van der Waals surface area contributed by atoms with Crippen LogP contribution in [0.3, 0.4) is 0 Å². The van der Waals surface area contributed by atoms with E-state index in [0.717, 1.165) is 22.3 Å². The van der Waals surface area contributed by atoms with E-state index < -0.39 is 11.9 Å². The van der Waals surface area contributed by atoms with Gasteiger partial charge in [-0.2, -0.15) is 0 Å². The fourth-order valence-electron chi connectivity index (χ4n) is 3.83. The summed E-state index contributed by atoms with van der Waals surface area (Å²) in [6.07, 6.45) is 0.544. The van der Waals surface area contributed by atoms with E-state index in [2.05, 4.69) is 33.5 Å². The number of carbonyl (C=O) groups is 2. The number of amidine groups is 1. The molecule has 3 N–H and O–H groups in total. The largest absolute Gasteiger partial charge is 0.466 e. The zero-order chi connectivity index (χ0) is 24.5. The summed E-state index contributed by atoms with van der Waals surface area (Å²) in [5, 5.41) is 8.63. The fourth-order valence-corrected chi connectivity index (χ4v) is 3.83. The highest BCUT2D eigenvalue weighted by molar-refractivity contribution is 6.38. The lowest BCUT2D eigenvalue weighted by Gasteiger charge is -2.19. The zero-order valence-corrected chi connectivity index (χ0v) is 19.6. The van der Waals surface area contributed by atoms with Gasteiger partial charge in [-0.05, 0) is 35.6 Å². The van der Waals surface area contributed by atoms with E-state index in [0.29, 0.717) is 13.0 Å². The third kappa shape index (κ3) is 6.91. The molecule has 1 amide bonds. The van der Waals surface area contributed by atoms with Gasteiger partial charge in [-0.25, -0.2) is 5.53 Å². The van der Waals surface area contributed by atoms with Crippen molar-refractivity contribution in [3.05, 3.63) is 96.1 Å². The number of carbonyl (C=O) groups excluding carboxylic acids is 2. The van der Waals surface area contributed by atoms with Gasteiger partial charge in [0, 0.05) is 6.04 Å². The van der Waals surface area contributed by atoms with Gasteiger partial charge >= 0.3 is 5.97 Å². The number of benzene rings is 3. The van der Waals surface area contributed by atoms with Gasteiger partial charge in [0.25, 0.3) is 5.91 Å². The Hall–Kier alpha value is -4.17. The van der Waals surface area contributed by atoms with Crippen LogP contribution in [0, 0.1) is 0 Å². The number of nitrogens with one attached hydrogen (secondary N) is 3. The number of hydrogen-bond acceptors (Lipinski definition) is 7. The summed E-state index contributed by atoms with van der Waals surface area (Å²) in [6, 6.07) is 27.6. The standard InChI is InChI=1S/C27H29N5O3/c1-2-35-25(33)18-24(17-20-13-15-23(16-14-20)22-11-7-4-8-12-22)28-27(34)26-29-31-32(30-26)19-21-9-5-3-6-10-21/h3-16,24,31H,2,17-19H2,1H3,(H,28,34)(H,29,30)/t24-/m1/s1. The smallest absolute Gasteiger partial charge is 0.307 e. The van der Waals surface area contributed by atoms with Crippen molar-refractivity contribution in [2.24, 2.45) is 5.10 Å². The maximum Gasteiger partial charge on any atom is 0.307 e. The fraction of sp³-hybridized carbons (Fsp3) is 0.222. The first-order valence-electron chi connectivity index (χ1n) is 11.6. The first-order valence-corrected chi connectivity index (χ1v) is 11.6. The van der Waals surface area contributed by atoms with Crippen molar-refractivity contribution in [1.29, 1.82) is 0 Å². The summed E-state index contributed by atoms with van der Waals surface area (Å²) in [4.78, 5) is 25.1. The van der Waals surface area contributed by atoms with Crippen LogP contribution in [0.2, 0.25) is 0 Å². The quantitative estimate of drug-likeness (QED) is 0.393. The first kappa shape index (κ1) is 24.0. The van der Waals surface area contributed by atoms with Crippen LogP contribution in [0.4, 0.5) is 0 Å². The first-order chi connectivity index (χ1) is 17.1. The predicted molar refractivity (Wildman–Crippen MR) is 134 cm³/mol. The van der Waals surface area contributed by atoms with E-state index in [4.69, 9.17) is 4.74 Å². The second-order valence-corrected chi connectivity index (χ2v) is 8.19. The summed E-state index contributed by atoms with van der Waals surface area (Å²) in [7, 11) is 0. The van der Waals surface area contributed by atoms with Crippen molar-refractivity contribution >= 4 is 17.7 Å². The van der Waals surface area contributed by atoms with Crippen molar-refractivity contribution in [2.75, 3.05) is 6.61 Å². The van der Waals surface area contributed by atoms with Crippen LogP contribution >= 0.6 is 0 Å². The predicted octanol–water partition coefficient (Wildman–Crippen LogP) is 3.17. The molecule has 3 aromatic rings. The molecule has 0 aromatic heterocycles. The van der Waals surface area contributed by atoms with Gasteiger partial charge in [0.1, 0.15) is 0 Å². The van der Waals surface area contributed by atoms with Crippen molar-refractivity contribution in [3.8, 4) is 11.1 Å². The highest BCUT2D eigenvalue weighted by Crippen LogP contribution is 2.20. The van der Waals surface area contributed by atoms with Gasteiger partial charge in [0.15, 0.2) is 0 Å². The number of esters is 1. The Bertz CT molecular complexity index is 1150. The topological polar surface area (TPSA) is 95.1 Å². The minimum Gasteiger partial charge on any atom is -0.466 e. The number of amides is 1. The Morgan fingerprint density at radius 2 is 1.57 bits per heavy atom. The number of hydrazone groups is 1. The van der Waals surface area contributed by atoms with E-state index in [9.17, 15) is 9.59 Å². The molecule has 0 unspecified atom stereocenters. The van der Waals surface area contributed by atoms with Crippen molar-refractivity contribution < 1.29 is 14.3 Å². The Kier molecular flexibility index (Phi) is 8.08. The highest BCUT2D eigenvalue weighted by Gasteiger charge is 2.25. The molecule has 1 heterocycles. The average molecular weight is 472 g/mol. The van der Waals surface area contributed by atoms with E-state index >= 15 is 0 Å². The Balaban J connectivity index is 1.38. The van der Waals surface area contributed by atoms with Gasteiger partial charge in [-0.1, -0.05) is 84.9 Å². The third-order valence-corrected chi connectivity index (χ3v) is 5.52. The molecule has 4 rings (SSSR count). The SMILES string of the molecule is CCOC(=O)C[C@@H](Cc1ccc(-c2ccccc2)cc1)NC(=O)C1=NNN(Cc2ccccc2)N1. The molecule has 0 radical (unpaired) electrons. The third-order valence-electron chi connectivity index (χ3n) is 5.52. The van der Waals surface area contributed by atoms with Crippen LogP contribution in [0.25, 0.3) is 11.1 Å². The Labute approximate surface area is 204 Å². The molecule has 3 aromatic carbocycles. The summed E-state index contributed by atoms with van der Waals surface area (Å²) in [5.74, 6) is -0.624. The van der Waals surface area contributed by atoms with Gasteiger partial charge in [0.05, 0.1) is 19.6 Å². The Morgan fingerprint density at radius 1 is 0.914 bits per heavy atom. The van der Waals surface area contributed by atoms with Crippen LogP contribution in [0.1, 0.15) is 24.5 Å². The average Bonchev–Trinajstić information content (AvgIpc) is 3.34. The molecule has 35 heavy (non-hydrogen) atoms. The molecule has 0 aliphatic carbocycles. The molecule has 8 nitrogen and oxygen atoms in total. The van der Waals surface area contributed by atoms with Crippen molar-refractivity contribution in [1.82, 2.24) is 21.4 Å². The van der Waals surface area contributed by atoms with Crippen LogP contribution in [0.15, 0.2) is 90.0 Å². The van der Waals surface area contributed by atoms with E-state index in [1.165, 1.54) is 0 Å². The number of hydrazine groups is 2. The van der Waals surface area contributed by atoms with Gasteiger partial charge in [-0.15, -0.1) is 10.2 Å². The van der Waals surface area contributed by atoms with Crippen LogP contribution in [0.5, 0.6) is 0 Å². The van der Waals surface area contributed by atoms with Gasteiger partial charge in [-0.3, -0.25) is 15.0 Å². The van der Waals surface area contributed by atoms with Gasteiger partial charge < -0.3 is 10.1 Å². The zero-order valence-electron chi connectivity index (χ0n) is 19.6. The van der Waals surface area contributed by atoms with Crippen LogP contribution in [-0.4, -0.2) is 35.5 Å². The molecule has 1 atom stereocenters. The monoisotopic (exact) mass is 471 g/mol. The van der Waals surface area contributed by atoms with E-state index in [-0.39, 0.29) is 24.8 Å². The molecule has 0 saturated carbocycles. The summed E-state index contributed by atoms with van der Waals surface area (Å²) < 4.78 is 5.12. The second-order valence-electron chi connectivity index (χ2n) is 8.19. The minimum atomic E-state index is -0.447. The summed E-state index contributed by atoms with van der Waals surface area (Å²) >= 11 is 0. The number of nitrogens with zero attached hydrogens (tertiary/aromatic N) is 2. The lowest BCUT2D eigenvalue weighted by molar-refractivity contribution is -0.143. The molecule has 1 aliphatic rings. The molecule has 1 aliphatic heterocycles. The minimum absolute atomic E-state index is 0.0639. The molecule has 0 spiro atoms. The highest BCUT2D eigenvalue weighted by atomic mass is 16.5. The molecule has 0 fully saturated rings. The normalized spacial score (nSPS) is 13.8. The maximum atomic E-state index is 12.9. The van der Waals surface area contributed by atoms with Crippen LogP contribution in [-0.2, 0) is 27.3 Å². The van der Waals surface area contributed by atoms with Crippen LogP contribution < -0.4 is 16.3 Å². The lowest BCUT2D eigenvalue weighted by Crippen LogP contribution is -2.48. The van der Waals surface area contributed by atoms with Crippen molar-refractivity contribution in [2.45, 2.75) is 32.4 Å². The molecule has 8 heteroatoms. The molecule has 0 saturated heterocycles. The number of rotatable bonds is 10. The summed E-state index contributed by atoms with van der Waals surface area (Å²) in [5.41, 5.74) is 10.1. The molecule has 0 bridgehead atoms. The van der Waals surface area contributed by atoms with Crippen molar-refractivity contribution in [3.63, 3.8) is 0 Å². The van der Waals surface area contributed by atoms with E-state index in [1.54, 1.807) is 12.0 Å². The second kappa shape index (κ2) is 11.8. The molecular formula is C27H29N5O3. The number of ether oxygens (including phenoxy) is 1. The number of hydrogen-bond donors (Lipinski definition) is 3.